The lowest BCUT2D eigenvalue weighted by molar-refractivity contribution is -0.114. The second-order valence-electron chi connectivity index (χ2n) is 3.21. The lowest BCUT2D eigenvalue weighted by Crippen LogP contribution is -2.05. The van der Waals surface area contributed by atoms with Crippen molar-refractivity contribution in [3.8, 4) is 0 Å². The highest BCUT2D eigenvalue weighted by molar-refractivity contribution is 6.30. The number of carbonyl (C=O) groups is 1. The fourth-order valence-corrected chi connectivity index (χ4v) is 1.60. The summed E-state index contributed by atoms with van der Waals surface area (Å²) in [4.78, 5) is 15.0. The molecule has 0 aliphatic heterocycles. The van der Waals surface area contributed by atoms with Crippen LogP contribution in [0.1, 0.15) is 6.92 Å². The minimum Gasteiger partial charge on any atom is -0.326 e. The molecule has 0 spiro atoms. The normalized spacial score (nSPS) is 10.3. The average molecular weight is 221 g/mol. The molecule has 1 heterocycles. The van der Waals surface area contributed by atoms with Gasteiger partial charge >= 0.3 is 0 Å². The van der Waals surface area contributed by atoms with Crippen LogP contribution in [0.2, 0.25) is 5.15 Å². The number of amides is 1. The quantitative estimate of drug-likeness (QED) is 0.751. The van der Waals surface area contributed by atoms with Gasteiger partial charge in [0, 0.05) is 29.6 Å². The van der Waals surface area contributed by atoms with Crippen molar-refractivity contribution in [3.05, 3.63) is 35.6 Å². The summed E-state index contributed by atoms with van der Waals surface area (Å²) in [6, 6.07) is 7.36. The Bertz CT molecular complexity index is 525. The Hall–Kier alpha value is -1.61. The summed E-state index contributed by atoms with van der Waals surface area (Å²) in [6.07, 6.45) is 1.68. The topological polar surface area (TPSA) is 42.0 Å². The summed E-state index contributed by atoms with van der Waals surface area (Å²) < 4.78 is 0. The van der Waals surface area contributed by atoms with E-state index in [-0.39, 0.29) is 5.91 Å². The molecule has 0 bridgehead atoms. The first-order valence-corrected chi connectivity index (χ1v) is 4.86. The predicted octanol–water partition coefficient (Wildman–Crippen LogP) is 2.85. The summed E-state index contributed by atoms with van der Waals surface area (Å²) in [5, 5.41) is 5.01. The number of hydrogen-bond acceptors (Lipinski definition) is 2. The molecule has 4 heteroatoms. The van der Waals surface area contributed by atoms with Crippen molar-refractivity contribution < 1.29 is 4.79 Å². The van der Waals surface area contributed by atoms with Crippen molar-refractivity contribution in [1.82, 2.24) is 4.98 Å². The van der Waals surface area contributed by atoms with Crippen LogP contribution < -0.4 is 5.32 Å². The Morgan fingerprint density at radius 1 is 1.47 bits per heavy atom. The molecular weight excluding hydrogens is 212 g/mol. The van der Waals surface area contributed by atoms with Crippen LogP contribution in [-0.2, 0) is 4.79 Å². The van der Waals surface area contributed by atoms with Crippen molar-refractivity contribution in [2.75, 3.05) is 5.32 Å². The summed E-state index contributed by atoms with van der Waals surface area (Å²) in [5.41, 5.74) is 0.754. The third-order valence-corrected chi connectivity index (χ3v) is 2.25. The highest BCUT2D eigenvalue weighted by Gasteiger charge is 2.03. The van der Waals surface area contributed by atoms with E-state index < -0.39 is 0 Å². The van der Waals surface area contributed by atoms with Crippen molar-refractivity contribution in [1.29, 1.82) is 0 Å². The number of fused-ring (bicyclic) bond motifs is 1. The van der Waals surface area contributed by atoms with Gasteiger partial charge in [-0.2, -0.15) is 0 Å². The van der Waals surface area contributed by atoms with Gasteiger partial charge in [0.1, 0.15) is 5.15 Å². The van der Waals surface area contributed by atoms with Crippen LogP contribution in [0, 0.1) is 0 Å². The van der Waals surface area contributed by atoms with Gasteiger partial charge in [-0.25, -0.2) is 4.98 Å². The van der Waals surface area contributed by atoms with Crippen LogP contribution in [0.15, 0.2) is 30.5 Å². The molecule has 0 atom stereocenters. The highest BCUT2D eigenvalue weighted by atomic mass is 35.5. The number of nitrogens with one attached hydrogen (secondary N) is 1. The minimum absolute atomic E-state index is 0.101. The molecule has 76 valence electrons. The maximum Gasteiger partial charge on any atom is 0.221 e. The summed E-state index contributed by atoms with van der Waals surface area (Å²) in [7, 11) is 0. The highest BCUT2D eigenvalue weighted by Crippen LogP contribution is 2.24. The molecule has 1 N–H and O–H groups in total. The maximum atomic E-state index is 11.0. The smallest absolute Gasteiger partial charge is 0.221 e. The van der Waals surface area contributed by atoms with Crippen molar-refractivity contribution >= 4 is 34.0 Å². The zero-order valence-corrected chi connectivity index (χ0v) is 8.88. The first-order chi connectivity index (χ1) is 7.16. The molecule has 2 rings (SSSR count). The van der Waals surface area contributed by atoms with Gasteiger partial charge in [0.25, 0.3) is 0 Å². The van der Waals surface area contributed by atoms with Crippen LogP contribution in [0.5, 0.6) is 0 Å². The molecular formula is C11H9ClN2O. The van der Waals surface area contributed by atoms with Gasteiger partial charge in [0.2, 0.25) is 5.91 Å². The number of halogens is 1. The number of nitrogens with zero attached hydrogens (tertiary/aromatic N) is 1. The third kappa shape index (κ3) is 2.07. The predicted molar refractivity (Wildman–Crippen MR) is 61.1 cm³/mol. The number of benzene rings is 1. The molecule has 1 amide bonds. The molecule has 15 heavy (non-hydrogen) atoms. The Morgan fingerprint density at radius 3 is 3.00 bits per heavy atom. The lowest BCUT2D eigenvalue weighted by atomic mass is 10.1. The van der Waals surface area contributed by atoms with E-state index in [9.17, 15) is 4.79 Å². The van der Waals surface area contributed by atoms with E-state index in [4.69, 9.17) is 11.6 Å². The molecule has 0 aliphatic rings. The Kier molecular flexibility index (Phi) is 2.56. The zero-order chi connectivity index (χ0) is 10.8. The van der Waals surface area contributed by atoms with Gasteiger partial charge in [-0.05, 0) is 12.1 Å². The Morgan fingerprint density at radius 2 is 2.27 bits per heavy atom. The molecule has 0 aliphatic carbocycles. The monoisotopic (exact) mass is 220 g/mol. The second-order valence-corrected chi connectivity index (χ2v) is 3.60. The van der Waals surface area contributed by atoms with E-state index >= 15 is 0 Å². The van der Waals surface area contributed by atoms with Gasteiger partial charge < -0.3 is 5.32 Å². The van der Waals surface area contributed by atoms with Crippen molar-refractivity contribution in [2.45, 2.75) is 6.92 Å². The van der Waals surface area contributed by atoms with E-state index in [0.717, 1.165) is 16.5 Å². The molecule has 2 aromatic rings. The summed E-state index contributed by atoms with van der Waals surface area (Å²) in [6.45, 7) is 1.47. The van der Waals surface area contributed by atoms with Crippen molar-refractivity contribution in [2.24, 2.45) is 0 Å². The number of anilines is 1. The molecule has 1 aromatic carbocycles. The van der Waals surface area contributed by atoms with Gasteiger partial charge in [0.05, 0.1) is 0 Å². The minimum atomic E-state index is -0.101. The molecule has 1 aromatic heterocycles. The number of carbonyl (C=O) groups excluding carboxylic acids is 1. The summed E-state index contributed by atoms with van der Waals surface area (Å²) >= 11 is 5.80. The van der Waals surface area contributed by atoms with E-state index in [0.29, 0.717) is 5.15 Å². The first-order valence-electron chi connectivity index (χ1n) is 4.48. The molecule has 0 radical (unpaired) electrons. The number of aromatic nitrogens is 1. The van der Waals surface area contributed by atoms with Crippen LogP contribution in [0.3, 0.4) is 0 Å². The Labute approximate surface area is 92.1 Å². The second kappa shape index (κ2) is 3.87. The lowest BCUT2D eigenvalue weighted by Gasteiger charge is -2.06. The van der Waals surface area contributed by atoms with E-state index in [1.807, 2.05) is 18.2 Å². The number of pyridine rings is 1. The largest absolute Gasteiger partial charge is 0.326 e. The fourth-order valence-electron chi connectivity index (χ4n) is 1.44. The third-order valence-electron chi connectivity index (χ3n) is 2.04. The van der Waals surface area contributed by atoms with Gasteiger partial charge in [-0.15, -0.1) is 0 Å². The number of hydrogen-bond donors (Lipinski definition) is 1. The SMILES string of the molecule is CC(=O)Nc1cccc2cnc(Cl)cc12. The molecule has 0 saturated heterocycles. The van der Waals surface area contributed by atoms with Gasteiger partial charge in [-0.3, -0.25) is 4.79 Å². The van der Waals surface area contributed by atoms with E-state index in [1.54, 1.807) is 12.3 Å². The van der Waals surface area contributed by atoms with Crippen LogP contribution in [0.25, 0.3) is 10.8 Å². The molecule has 0 unspecified atom stereocenters. The standard InChI is InChI=1S/C11H9ClN2O/c1-7(15)14-10-4-2-3-8-6-13-11(12)5-9(8)10/h2-6H,1H3,(H,14,15). The van der Waals surface area contributed by atoms with Crippen LogP contribution in [0.4, 0.5) is 5.69 Å². The number of rotatable bonds is 1. The van der Waals surface area contributed by atoms with Gasteiger partial charge in [-0.1, -0.05) is 23.7 Å². The molecule has 0 saturated carbocycles. The van der Waals surface area contributed by atoms with Crippen molar-refractivity contribution in [3.63, 3.8) is 0 Å². The fraction of sp³-hybridized carbons (Fsp3) is 0.0909. The molecule has 3 nitrogen and oxygen atoms in total. The van der Waals surface area contributed by atoms with Gasteiger partial charge in [0.15, 0.2) is 0 Å². The first kappa shape index (κ1) is 9.93. The van der Waals surface area contributed by atoms with E-state index in [2.05, 4.69) is 10.3 Å². The zero-order valence-electron chi connectivity index (χ0n) is 8.12. The Balaban J connectivity index is 2.63. The van der Waals surface area contributed by atoms with E-state index in [1.165, 1.54) is 6.92 Å². The average Bonchev–Trinajstić information content (AvgIpc) is 2.18. The molecule has 0 fully saturated rings. The maximum absolute atomic E-state index is 11.0. The van der Waals surface area contributed by atoms with Crippen LogP contribution in [-0.4, -0.2) is 10.9 Å². The van der Waals surface area contributed by atoms with Crippen LogP contribution >= 0.6 is 11.6 Å². The summed E-state index contributed by atoms with van der Waals surface area (Å²) in [5.74, 6) is -0.101.